The maximum Gasteiger partial charge on any atom is 0.329 e. The third-order valence-corrected chi connectivity index (χ3v) is 4.36. The van der Waals surface area contributed by atoms with Crippen molar-refractivity contribution in [3.63, 3.8) is 0 Å². The summed E-state index contributed by atoms with van der Waals surface area (Å²) in [6, 6.07) is 0. The molecular formula is C11H12F2N2O4S. The van der Waals surface area contributed by atoms with Crippen molar-refractivity contribution < 1.29 is 18.3 Å². The van der Waals surface area contributed by atoms with Crippen molar-refractivity contribution in [2.45, 2.75) is 30.1 Å². The first-order chi connectivity index (χ1) is 9.38. The summed E-state index contributed by atoms with van der Waals surface area (Å²) in [5.41, 5.74) is -1.91. The van der Waals surface area contributed by atoms with Crippen LogP contribution in [0, 0.1) is 5.82 Å². The highest BCUT2D eigenvalue weighted by Crippen LogP contribution is 2.42. The van der Waals surface area contributed by atoms with Gasteiger partial charge in [0.15, 0.2) is 0 Å². The van der Waals surface area contributed by atoms with E-state index in [0.717, 1.165) is 22.5 Å². The van der Waals surface area contributed by atoms with Gasteiger partial charge in [0.2, 0.25) is 5.82 Å². The van der Waals surface area contributed by atoms with Gasteiger partial charge >= 0.3 is 11.7 Å². The topological polar surface area (TPSA) is 81.2 Å². The van der Waals surface area contributed by atoms with Crippen LogP contribution in [0.1, 0.15) is 18.7 Å². The molecule has 1 fully saturated rings. The average molecular weight is 306 g/mol. The fourth-order valence-electron chi connectivity index (χ4n) is 1.88. The third kappa shape index (κ3) is 3.09. The number of thioether (sulfide) groups is 1. The molecule has 0 aromatic carbocycles. The van der Waals surface area contributed by atoms with Crippen molar-refractivity contribution in [3.8, 4) is 0 Å². The fraction of sp³-hybridized carbons (Fsp3) is 0.545. The van der Waals surface area contributed by atoms with Gasteiger partial charge in [-0.15, -0.1) is 11.8 Å². The second-order valence-electron chi connectivity index (χ2n) is 4.33. The fourth-order valence-corrected chi connectivity index (χ4v) is 3.30. The molecular weight excluding hydrogens is 294 g/mol. The van der Waals surface area contributed by atoms with Gasteiger partial charge in [-0.1, -0.05) is 0 Å². The zero-order chi connectivity index (χ0) is 14.9. The first-order valence-corrected chi connectivity index (χ1v) is 6.76. The van der Waals surface area contributed by atoms with Crippen LogP contribution in [0.15, 0.2) is 15.8 Å². The number of aromatic nitrogens is 2. The number of esters is 1. The minimum atomic E-state index is -1.29. The summed E-state index contributed by atoms with van der Waals surface area (Å²) in [7, 11) is 0. The molecule has 110 valence electrons. The molecule has 1 aromatic heterocycles. The number of H-pyrrole nitrogens is 1. The van der Waals surface area contributed by atoms with Crippen molar-refractivity contribution in [2.75, 3.05) is 6.61 Å². The first-order valence-electron chi connectivity index (χ1n) is 5.82. The van der Waals surface area contributed by atoms with E-state index >= 15 is 0 Å². The Bertz CT molecular complexity index is 630. The van der Waals surface area contributed by atoms with Crippen molar-refractivity contribution >= 4 is 17.7 Å². The lowest BCUT2D eigenvalue weighted by Gasteiger charge is -2.13. The lowest BCUT2D eigenvalue weighted by atomic mass is 10.2. The quantitative estimate of drug-likeness (QED) is 0.826. The van der Waals surface area contributed by atoms with Gasteiger partial charge in [0.25, 0.3) is 5.56 Å². The van der Waals surface area contributed by atoms with Crippen LogP contribution in [0.25, 0.3) is 0 Å². The highest BCUT2D eigenvalue weighted by Gasteiger charge is 2.37. The summed E-state index contributed by atoms with van der Waals surface area (Å²) in [5.74, 6) is -1.63. The maximum absolute atomic E-state index is 13.8. The number of ether oxygens (including phenoxy) is 1. The summed E-state index contributed by atoms with van der Waals surface area (Å²) in [6.07, 6.45) is -0.548. The number of carbonyl (C=O) groups is 1. The minimum absolute atomic E-state index is 0.0258. The largest absolute Gasteiger partial charge is 0.465 e. The zero-order valence-electron chi connectivity index (χ0n) is 10.5. The molecule has 1 aliphatic rings. The van der Waals surface area contributed by atoms with Gasteiger partial charge < -0.3 is 4.74 Å². The van der Waals surface area contributed by atoms with Crippen molar-refractivity contribution in [1.29, 1.82) is 0 Å². The van der Waals surface area contributed by atoms with Crippen LogP contribution >= 0.6 is 11.8 Å². The van der Waals surface area contributed by atoms with Crippen LogP contribution in [0.2, 0.25) is 0 Å². The molecule has 3 atom stereocenters. The minimum Gasteiger partial charge on any atom is -0.465 e. The number of hydrogen-bond acceptors (Lipinski definition) is 5. The van der Waals surface area contributed by atoms with E-state index in [-0.39, 0.29) is 13.0 Å². The number of nitrogens with zero attached hydrogens (tertiary/aromatic N) is 1. The van der Waals surface area contributed by atoms with Gasteiger partial charge in [0, 0.05) is 13.3 Å². The summed E-state index contributed by atoms with van der Waals surface area (Å²) in [5, 5.41) is -1.27. The van der Waals surface area contributed by atoms with Gasteiger partial charge in [0.1, 0.15) is 12.8 Å². The zero-order valence-corrected chi connectivity index (χ0v) is 11.3. The molecule has 0 aliphatic carbocycles. The van der Waals surface area contributed by atoms with Crippen LogP contribution in [0.4, 0.5) is 8.78 Å². The second kappa shape index (κ2) is 5.78. The number of halogens is 2. The van der Waals surface area contributed by atoms with Gasteiger partial charge in [-0.25, -0.2) is 9.18 Å². The van der Waals surface area contributed by atoms with Crippen LogP contribution in [-0.4, -0.2) is 33.5 Å². The molecule has 1 aliphatic heterocycles. The predicted molar refractivity (Wildman–Crippen MR) is 67.8 cm³/mol. The Morgan fingerprint density at radius 3 is 2.95 bits per heavy atom. The summed E-state index contributed by atoms with van der Waals surface area (Å²) < 4.78 is 32.7. The molecule has 0 saturated carbocycles. The summed E-state index contributed by atoms with van der Waals surface area (Å²) in [6.45, 7) is 1.10. The van der Waals surface area contributed by atoms with E-state index in [2.05, 4.69) is 0 Å². The Balaban J connectivity index is 2.16. The predicted octanol–water partition coefficient (Wildman–Crippen LogP) is 0.581. The Morgan fingerprint density at radius 1 is 1.60 bits per heavy atom. The average Bonchev–Trinajstić information content (AvgIpc) is 2.72. The van der Waals surface area contributed by atoms with Gasteiger partial charge in [0.05, 0.1) is 16.8 Å². The first kappa shape index (κ1) is 14.8. The van der Waals surface area contributed by atoms with Gasteiger partial charge in [-0.3, -0.25) is 19.1 Å². The van der Waals surface area contributed by atoms with Crippen LogP contribution in [-0.2, 0) is 9.53 Å². The van der Waals surface area contributed by atoms with E-state index in [1.165, 1.54) is 6.92 Å². The monoisotopic (exact) mass is 306 g/mol. The number of rotatable bonds is 3. The highest BCUT2D eigenvalue weighted by molar-refractivity contribution is 8.00. The smallest absolute Gasteiger partial charge is 0.329 e. The lowest BCUT2D eigenvalue weighted by Crippen LogP contribution is -2.32. The molecule has 0 bridgehead atoms. The molecule has 0 radical (unpaired) electrons. The number of hydrogen-bond donors (Lipinski definition) is 1. The van der Waals surface area contributed by atoms with E-state index in [9.17, 15) is 23.2 Å². The number of nitrogens with one attached hydrogen (secondary N) is 1. The van der Waals surface area contributed by atoms with Crippen molar-refractivity contribution in [3.05, 3.63) is 32.9 Å². The summed E-state index contributed by atoms with van der Waals surface area (Å²) >= 11 is 1.06. The van der Waals surface area contributed by atoms with Crippen molar-refractivity contribution in [1.82, 2.24) is 9.55 Å². The third-order valence-electron chi connectivity index (χ3n) is 2.85. The van der Waals surface area contributed by atoms with Crippen LogP contribution in [0.5, 0.6) is 0 Å². The Morgan fingerprint density at radius 2 is 2.30 bits per heavy atom. The maximum atomic E-state index is 13.8. The van der Waals surface area contributed by atoms with E-state index in [0.29, 0.717) is 0 Å². The SMILES string of the molecule is CC(=O)OC[C@H]1S[C@@H](n2cc(F)c(=O)[nH]c2=O)C[C@@H]1F. The molecule has 0 amide bonds. The van der Waals surface area contributed by atoms with Crippen LogP contribution in [0.3, 0.4) is 0 Å². The standard InChI is InChI=1S/C11H12F2N2O4S/c1-5(16)19-4-8-6(12)2-9(20-8)15-3-7(13)10(17)14-11(15)18/h3,6,8-9H,2,4H2,1H3,(H,14,17,18)/t6-,8+,9+/m0/s1. The molecule has 2 heterocycles. The van der Waals surface area contributed by atoms with Gasteiger partial charge in [-0.05, 0) is 0 Å². The molecule has 6 nitrogen and oxygen atoms in total. The van der Waals surface area contributed by atoms with E-state index in [4.69, 9.17) is 4.74 Å². The molecule has 1 saturated heterocycles. The van der Waals surface area contributed by atoms with Crippen molar-refractivity contribution in [2.24, 2.45) is 0 Å². The molecule has 2 rings (SSSR count). The molecule has 1 N–H and O–H groups in total. The molecule has 1 aromatic rings. The van der Waals surface area contributed by atoms with Gasteiger partial charge in [-0.2, -0.15) is 4.39 Å². The Labute approximate surface area is 116 Å². The number of carbonyl (C=O) groups excluding carboxylic acids is 1. The number of alkyl halides is 1. The Kier molecular flexibility index (Phi) is 4.26. The molecule has 0 spiro atoms. The van der Waals surface area contributed by atoms with E-state index in [1.807, 2.05) is 4.98 Å². The second-order valence-corrected chi connectivity index (χ2v) is 5.75. The molecule has 0 unspecified atom stereocenters. The van der Waals surface area contributed by atoms with E-state index < -0.39 is 39.8 Å². The normalized spacial score (nSPS) is 25.6. The van der Waals surface area contributed by atoms with E-state index in [1.54, 1.807) is 0 Å². The summed E-state index contributed by atoms with van der Waals surface area (Å²) in [4.78, 5) is 35.0. The van der Waals surface area contributed by atoms with Crippen LogP contribution < -0.4 is 11.2 Å². The Hall–Kier alpha value is -1.64. The number of aromatic amines is 1. The molecule has 20 heavy (non-hydrogen) atoms. The highest BCUT2D eigenvalue weighted by atomic mass is 32.2. The lowest BCUT2D eigenvalue weighted by molar-refractivity contribution is -0.141. The molecule has 9 heteroatoms.